The van der Waals surface area contributed by atoms with Crippen molar-refractivity contribution in [3.8, 4) is 34.5 Å². The average Bonchev–Trinajstić information content (AvgIpc) is 3.51. The zero-order valence-electron chi connectivity index (χ0n) is 19.4. The Balaban J connectivity index is 1.42. The van der Waals surface area contributed by atoms with E-state index in [-0.39, 0.29) is 12.0 Å². The fourth-order valence-electron chi connectivity index (χ4n) is 4.24. The summed E-state index contributed by atoms with van der Waals surface area (Å²) in [5.41, 5.74) is 2.90. The van der Waals surface area contributed by atoms with Crippen LogP contribution in [0.15, 0.2) is 48.9 Å². The van der Waals surface area contributed by atoms with Gasteiger partial charge in [0.2, 0.25) is 5.88 Å². The van der Waals surface area contributed by atoms with Gasteiger partial charge in [-0.2, -0.15) is 0 Å². The van der Waals surface area contributed by atoms with Gasteiger partial charge in [-0.05, 0) is 43.2 Å². The second-order valence-electron chi connectivity index (χ2n) is 8.28. The Labute approximate surface area is 197 Å². The molecule has 1 aliphatic rings. The second kappa shape index (κ2) is 9.18. The first-order valence-electron chi connectivity index (χ1n) is 11.2. The van der Waals surface area contributed by atoms with Crippen LogP contribution in [-0.2, 0) is 4.74 Å². The highest BCUT2D eigenvalue weighted by Gasteiger charge is 2.19. The van der Waals surface area contributed by atoms with Crippen molar-refractivity contribution in [2.24, 2.45) is 0 Å². The second-order valence-corrected chi connectivity index (χ2v) is 8.28. The number of aromatic hydroxyl groups is 1. The summed E-state index contributed by atoms with van der Waals surface area (Å²) in [5.74, 6) is 1.91. The fraction of sp³-hybridized carbons (Fsp3) is 0.320. The van der Waals surface area contributed by atoms with Gasteiger partial charge in [0.1, 0.15) is 5.82 Å². The summed E-state index contributed by atoms with van der Waals surface area (Å²) in [6, 6.07) is 9.40. The van der Waals surface area contributed by atoms with Gasteiger partial charge in [0.25, 0.3) is 5.88 Å². The maximum atomic E-state index is 10.8. The minimum atomic E-state index is 0.113. The van der Waals surface area contributed by atoms with E-state index < -0.39 is 0 Å². The highest BCUT2D eigenvalue weighted by atomic mass is 16.5. The summed E-state index contributed by atoms with van der Waals surface area (Å²) >= 11 is 0. The maximum absolute atomic E-state index is 10.8. The van der Waals surface area contributed by atoms with Crippen molar-refractivity contribution in [1.29, 1.82) is 0 Å². The van der Waals surface area contributed by atoms with Crippen LogP contribution < -0.4 is 14.4 Å². The fourth-order valence-corrected chi connectivity index (χ4v) is 4.24. The summed E-state index contributed by atoms with van der Waals surface area (Å²) in [4.78, 5) is 15.7. The van der Waals surface area contributed by atoms with Crippen LogP contribution in [-0.4, -0.2) is 65.1 Å². The third kappa shape index (κ3) is 4.10. The number of pyridine rings is 3. The lowest BCUT2D eigenvalue weighted by Crippen LogP contribution is -2.29. The van der Waals surface area contributed by atoms with Crippen LogP contribution in [0.3, 0.4) is 0 Å². The van der Waals surface area contributed by atoms with Gasteiger partial charge in [0.05, 0.1) is 48.8 Å². The van der Waals surface area contributed by atoms with Gasteiger partial charge >= 0.3 is 0 Å². The van der Waals surface area contributed by atoms with Crippen LogP contribution in [0.1, 0.15) is 12.8 Å². The molecule has 9 heteroatoms. The number of nitrogens with zero attached hydrogens (tertiary/aromatic N) is 5. The van der Waals surface area contributed by atoms with Gasteiger partial charge in [-0.25, -0.2) is 15.0 Å². The van der Waals surface area contributed by atoms with E-state index in [0.717, 1.165) is 43.1 Å². The number of rotatable bonds is 7. The van der Waals surface area contributed by atoms with Crippen molar-refractivity contribution in [3.05, 3.63) is 48.9 Å². The zero-order chi connectivity index (χ0) is 23.7. The predicted molar refractivity (Wildman–Crippen MR) is 129 cm³/mol. The molecule has 5 heterocycles. The van der Waals surface area contributed by atoms with Crippen molar-refractivity contribution >= 4 is 16.7 Å². The minimum Gasteiger partial charge on any atom is -0.494 e. The molecular weight excluding hydrogens is 434 g/mol. The smallest absolute Gasteiger partial charge is 0.256 e. The molecule has 34 heavy (non-hydrogen) atoms. The monoisotopic (exact) mass is 461 g/mol. The Hall–Kier alpha value is -3.85. The first-order valence-corrected chi connectivity index (χ1v) is 11.2. The lowest BCUT2D eigenvalue weighted by atomic mass is 10.1. The lowest BCUT2D eigenvalue weighted by Gasteiger charge is -2.21. The number of aromatic nitrogens is 4. The molecule has 1 aliphatic heterocycles. The molecule has 4 aromatic heterocycles. The van der Waals surface area contributed by atoms with E-state index >= 15 is 0 Å². The van der Waals surface area contributed by atoms with Gasteiger partial charge in [-0.1, -0.05) is 0 Å². The number of hydrogen-bond donors (Lipinski definition) is 1. The van der Waals surface area contributed by atoms with Gasteiger partial charge < -0.3 is 24.2 Å². The Morgan fingerprint density at radius 2 is 2.03 bits per heavy atom. The van der Waals surface area contributed by atoms with E-state index in [1.807, 2.05) is 37.4 Å². The summed E-state index contributed by atoms with van der Waals surface area (Å²) in [5, 5.41) is 11.5. The molecule has 1 N–H and O–H groups in total. The topological polar surface area (TPSA) is 94.8 Å². The van der Waals surface area contributed by atoms with E-state index in [9.17, 15) is 5.11 Å². The third-order valence-electron chi connectivity index (χ3n) is 6.08. The molecule has 9 nitrogen and oxygen atoms in total. The standard InChI is InChI=1S/C25H27N5O4/c1-29(14-18-5-4-10-34-18)23-9-6-17(13-26-23)30-15-21-19(25(30)31)7-8-20(28-21)16-11-22(32-2)24(33-3)27-12-16/h6-9,11-13,15,18,31H,4-5,10,14H2,1-3H3. The van der Waals surface area contributed by atoms with Crippen molar-refractivity contribution < 1.29 is 19.3 Å². The summed E-state index contributed by atoms with van der Waals surface area (Å²) in [7, 11) is 5.13. The van der Waals surface area contributed by atoms with E-state index in [2.05, 4.69) is 14.9 Å². The number of anilines is 1. The van der Waals surface area contributed by atoms with Crippen LogP contribution in [0.4, 0.5) is 5.82 Å². The molecule has 5 rings (SSSR count). The lowest BCUT2D eigenvalue weighted by molar-refractivity contribution is 0.116. The van der Waals surface area contributed by atoms with E-state index in [0.29, 0.717) is 28.2 Å². The highest BCUT2D eigenvalue weighted by Crippen LogP contribution is 2.33. The quantitative estimate of drug-likeness (QED) is 0.444. The van der Waals surface area contributed by atoms with Crippen LogP contribution >= 0.6 is 0 Å². The van der Waals surface area contributed by atoms with Crippen LogP contribution in [0.5, 0.6) is 17.5 Å². The van der Waals surface area contributed by atoms with Crippen molar-refractivity contribution in [2.75, 3.05) is 39.3 Å². The Morgan fingerprint density at radius 3 is 2.74 bits per heavy atom. The molecule has 0 bridgehead atoms. The Kier molecular flexibility index (Phi) is 5.93. The molecule has 0 aromatic carbocycles. The van der Waals surface area contributed by atoms with Crippen LogP contribution in [0.25, 0.3) is 27.8 Å². The number of hydrogen-bond acceptors (Lipinski definition) is 8. The van der Waals surface area contributed by atoms with Gasteiger partial charge in [0, 0.05) is 38.2 Å². The Bertz CT molecular complexity index is 1300. The maximum Gasteiger partial charge on any atom is 0.256 e. The first kappa shape index (κ1) is 22.0. The van der Waals surface area contributed by atoms with Gasteiger partial charge in [-0.15, -0.1) is 0 Å². The largest absolute Gasteiger partial charge is 0.494 e. The number of fused-ring (bicyclic) bond motifs is 1. The third-order valence-corrected chi connectivity index (χ3v) is 6.08. The molecule has 0 aliphatic carbocycles. The van der Waals surface area contributed by atoms with Crippen molar-refractivity contribution in [1.82, 2.24) is 19.5 Å². The summed E-state index contributed by atoms with van der Waals surface area (Å²) in [6.45, 7) is 1.65. The summed E-state index contributed by atoms with van der Waals surface area (Å²) < 4.78 is 18.0. The van der Waals surface area contributed by atoms with Crippen LogP contribution in [0.2, 0.25) is 0 Å². The molecule has 1 saturated heterocycles. The molecule has 0 spiro atoms. The SMILES string of the molecule is COc1cc(-c2ccc3c(O)n(-c4ccc(N(C)CC5CCCO5)nc4)cc3n2)cnc1OC. The minimum absolute atomic E-state index is 0.113. The van der Waals surface area contributed by atoms with Crippen LogP contribution in [0, 0.1) is 0 Å². The molecule has 176 valence electrons. The molecule has 1 unspecified atom stereocenters. The number of likely N-dealkylation sites (N-methyl/N-ethyl adjacent to an activating group) is 1. The molecule has 0 amide bonds. The van der Waals surface area contributed by atoms with E-state index in [1.165, 1.54) is 0 Å². The number of methoxy groups -OCH3 is 2. The molecular formula is C25H27N5O4. The summed E-state index contributed by atoms with van der Waals surface area (Å²) in [6.07, 6.45) is 7.69. The van der Waals surface area contributed by atoms with E-state index in [1.54, 1.807) is 37.4 Å². The van der Waals surface area contributed by atoms with E-state index in [4.69, 9.17) is 19.2 Å². The van der Waals surface area contributed by atoms with Gasteiger partial charge in [-0.3, -0.25) is 4.57 Å². The Morgan fingerprint density at radius 1 is 1.15 bits per heavy atom. The average molecular weight is 462 g/mol. The first-order chi connectivity index (χ1) is 16.6. The normalized spacial score (nSPS) is 15.6. The molecule has 4 aromatic rings. The molecule has 1 fully saturated rings. The predicted octanol–water partition coefficient (Wildman–Crippen LogP) is 3.82. The highest BCUT2D eigenvalue weighted by molar-refractivity contribution is 5.87. The molecule has 1 atom stereocenters. The molecule has 0 radical (unpaired) electrons. The zero-order valence-corrected chi connectivity index (χ0v) is 19.4. The van der Waals surface area contributed by atoms with Crippen molar-refractivity contribution in [2.45, 2.75) is 18.9 Å². The van der Waals surface area contributed by atoms with Crippen molar-refractivity contribution in [3.63, 3.8) is 0 Å². The molecule has 0 saturated carbocycles. The van der Waals surface area contributed by atoms with Gasteiger partial charge in [0.15, 0.2) is 5.75 Å². The number of ether oxygens (including phenoxy) is 3.